The minimum Gasteiger partial charge on any atom is -0.508 e. The van der Waals surface area contributed by atoms with Gasteiger partial charge in [0.2, 0.25) is 0 Å². The van der Waals surface area contributed by atoms with E-state index in [0.29, 0.717) is 30.4 Å². The van der Waals surface area contributed by atoms with E-state index in [0.717, 1.165) is 19.3 Å². The summed E-state index contributed by atoms with van der Waals surface area (Å²) >= 11 is 0. The second-order valence-electron chi connectivity index (χ2n) is 5.42. The second-order valence-corrected chi connectivity index (χ2v) is 5.42. The van der Waals surface area contributed by atoms with Gasteiger partial charge in [0.25, 0.3) is 0 Å². The molecule has 3 nitrogen and oxygen atoms in total. The number of carbonyl (C=O) groups is 1. The minimum atomic E-state index is -0.0169. The zero-order valence-electron chi connectivity index (χ0n) is 9.78. The highest BCUT2D eigenvalue weighted by Gasteiger charge is 2.44. The first-order chi connectivity index (χ1) is 8.15. The number of hydrogen-bond donors (Lipinski definition) is 2. The molecule has 2 aliphatic heterocycles. The monoisotopic (exact) mass is 231 g/mol. The largest absolute Gasteiger partial charge is 0.508 e. The maximum absolute atomic E-state index is 11.7. The van der Waals surface area contributed by atoms with Crippen LogP contribution in [0.25, 0.3) is 0 Å². The molecule has 2 fully saturated rings. The van der Waals surface area contributed by atoms with E-state index in [1.165, 1.54) is 5.56 Å². The summed E-state index contributed by atoms with van der Waals surface area (Å²) in [4.78, 5) is 11.7. The highest BCUT2D eigenvalue weighted by Crippen LogP contribution is 2.36. The zero-order chi connectivity index (χ0) is 11.9. The predicted molar refractivity (Wildman–Crippen MR) is 64.9 cm³/mol. The SMILES string of the molecule is O=C1CC2CCC(Cc3ccc(O)cc3)(C1)N2. The van der Waals surface area contributed by atoms with Gasteiger partial charge in [-0.05, 0) is 37.0 Å². The highest BCUT2D eigenvalue weighted by molar-refractivity contribution is 5.81. The van der Waals surface area contributed by atoms with Crippen LogP contribution in [0.5, 0.6) is 5.75 Å². The fourth-order valence-electron chi connectivity index (χ4n) is 3.25. The van der Waals surface area contributed by atoms with E-state index in [1.807, 2.05) is 12.1 Å². The lowest BCUT2D eigenvalue weighted by atomic mass is 9.84. The molecule has 2 N–H and O–H groups in total. The van der Waals surface area contributed by atoms with Crippen LogP contribution in [0.4, 0.5) is 0 Å². The van der Waals surface area contributed by atoms with Crippen LogP contribution in [-0.4, -0.2) is 22.5 Å². The van der Waals surface area contributed by atoms with Gasteiger partial charge in [-0.3, -0.25) is 4.79 Å². The van der Waals surface area contributed by atoms with Crippen LogP contribution >= 0.6 is 0 Å². The number of nitrogens with one attached hydrogen (secondary N) is 1. The van der Waals surface area contributed by atoms with E-state index in [1.54, 1.807) is 12.1 Å². The smallest absolute Gasteiger partial charge is 0.136 e. The molecule has 2 unspecified atom stereocenters. The molecule has 0 saturated carbocycles. The maximum atomic E-state index is 11.7. The highest BCUT2D eigenvalue weighted by atomic mass is 16.3. The first-order valence-electron chi connectivity index (χ1n) is 6.23. The van der Waals surface area contributed by atoms with Crippen molar-refractivity contribution < 1.29 is 9.90 Å². The van der Waals surface area contributed by atoms with E-state index in [9.17, 15) is 9.90 Å². The number of Topliss-reactive ketones (excluding diaryl/α,β-unsaturated/α-hetero) is 1. The molecular weight excluding hydrogens is 214 g/mol. The second kappa shape index (κ2) is 3.84. The Morgan fingerprint density at radius 2 is 2.12 bits per heavy atom. The quantitative estimate of drug-likeness (QED) is 0.815. The third-order valence-electron chi connectivity index (χ3n) is 3.97. The first-order valence-corrected chi connectivity index (χ1v) is 6.23. The number of hydrogen-bond acceptors (Lipinski definition) is 3. The lowest BCUT2D eigenvalue weighted by Gasteiger charge is -2.34. The number of aromatic hydroxyl groups is 1. The molecule has 1 aromatic rings. The summed E-state index contributed by atoms with van der Waals surface area (Å²) in [6.07, 6.45) is 4.45. The van der Waals surface area contributed by atoms with Crippen LogP contribution in [0.3, 0.4) is 0 Å². The average Bonchev–Trinajstić information content (AvgIpc) is 2.58. The van der Waals surface area contributed by atoms with Gasteiger partial charge in [-0.15, -0.1) is 0 Å². The fourth-order valence-corrected chi connectivity index (χ4v) is 3.25. The first kappa shape index (κ1) is 10.8. The van der Waals surface area contributed by atoms with E-state index in [2.05, 4.69) is 5.32 Å². The van der Waals surface area contributed by atoms with Crippen LogP contribution in [0.15, 0.2) is 24.3 Å². The van der Waals surface area contributed by atoms with Crippen LogP contribution < -0.4 is 5.32 Å². The molecule has 0 aliphatic carbocycles. The van der Waals surface area contributed by atoms with E-state index in [4.69, 9.17) is 0 Å². The predicted octanol–water partition coefficient (Wildman–Crippen LogP) is 1.79. The van der Waals surface area contributed by atoms with Crippen molar-refractivity contribution in [2.45, 2.75) is 43.7 Å². The van der Waals surface area contributed by atoms with Crippen molar-refractivity contribution in [3.05, 3.63) is 29.8 Å². The van der Waals surface area contributed by atoms with Crippen LogP contribution in [0.2, 0.25) is 0 Å². The van der Waals surface area contributed by atoms with Gasteiger partial charge in [0.15, 0.2) is 0 Å². The van der Waals surface area contributed by atoms with Crippen LogP contribution in [0.1, 0.15) is 31.2 Å². The molecule has 1 aromatic carbocycles. The summed E-state index contributed by atoms with van der Waals surface area (Å²) in [5.41, 5.74) is 1.17. The van der Waals surface area contributed by atoms with Gasteiger partial charge in [-0.25, -0.2) is 0 Å². The number of rotatable bonds is 2. The maximum Gasteiger partial charge on any atom is 0.136 e. The average molecular weight is 231 g/mol. The van der Waals surface area contributed by atoms with Gasteiger partial charge < -0.3 is 10.4 Å². The lowest BCUT2D eigenvalue weighted by molar-refractivity contribution is -0.122. The number of ketones is 1. The Labute approximate surface area is 101 Å². The number of phenols is 1. The van der Waals surface area contributed by atoms with Crippen LogP contribution in [0, 0.1) is 0 Å². The Bertz CT molecular complexity index is 440. The summed E-state index contributed by atoms with van der Waals surface area (Å²) in [6, 6.07) is 7.70. The molecule has 2 heterocycles. The van der Waals surface area contributed by atoms with Crippen molar-refractivity contribution >= 4 is 5.78 Å². The molecule has 0 amide bonds. The molecule has 0 aromatic heterocycles. The number of phenolic OH excluding ortho intramolecular Hbond substituents is 1. The van der Waals surface area contributed by atoms with Crippen molar-refractivity contribution in [3.63, 3.8) is 0 Å². The van der Waals surface area contributed by atoms with Crippen molar-refractivity contribution in [1.29, 1.82) is 0 Å². The van der Waals surface area contributed by atoms with Gasteiger partial charge in [-0.2, -0.15) is 0 Å². The molecule has 3 heteroatoms. The van der Waals surface area contributed by atoms with E-state index >= 15 is 0 Å². The summed E-state index contributed by atoms with van der Waals surface area (Å²) in [6.45, 7) is 0. The number of fused-ring (bicyclic) bond motifs is 2. The van der Waals surface area contributed by atoms with Gasteiger partial charge >= 0.3 is 0 Å². The van der Waals surface area contributed by atoms with Gasteiger partial charge in [0.1, 0.15) is 11.5 Å². The van der Waals surface area contributed by atoms with Gasteiger partial charge in [0.05, 0.1) is 0 Å². The normalized spacial score (nSPS) is 31.8. The topological polar surface area (TPSA) is 49.3 Å². The third kappa shape index (κ3) is 2.07. The van der Waals surface area contributed by atoms with Crippen molar-refractivity contribution in [2.75, 3.05) is 0 Å². The lowest BCUT2D eigenvalue weighted by Crippen LogP contribution is -2.51. The summed E-state index contributed by atoms with van der Waals surface area (Å²) < 4.78 is 0. The van der Waals surface area contributed by atoms with Gasteiger partial charge in [-0.1, -0.05) is 12.1 Å². The molecule has 2 bridgehead atoms. The number of piperidine rings is 1. The molecule has 0 radical (unpaired) electrons. The van der Waals surface area contributed by atoms with Crippen LogP contribution in [-0.2, 0) is 11.2 Å². The summed E-state index contributed by atoms with van der Waals surface area (Å²) in [5, 5.41) is 12.9. The summed E-state index contributed by atoms with van der Waals surface area (Å²) in [5.74, 6) is 0.688. The standard InChI is InChI=1S/C14H17NO2/c16-12-3-1-10(2-4-12)8-14-6-5-11(15-14)7-13(17)9-14/h1-4,11,15-16H,5-9H2. The number of benzene rings is 1. The molecule has 2 aliphatic rings. The molecule has 17 heavy (non-hydrogen) atoms. The molecule has 2 atom stereocenters. The van der Waals surface area contributed by atoms with Gasteiger partial charge in [0, 0.05) is 24.4 Å². The molecule has 3 rings (SSSR count). The third-order valence-corrected chi connectivity index (χ3v) is 3.97. The number of carbonyl (C=O) groups excluding carboxylic acids is 1. The van der Waals surface area contributed by atoms with E-state index in [-0.39, 0.29) is 5.54 Å². The molecule has 2 saturated heterocycles. The Hall–Kier alpha value is -1.35. The van der Waals surface area contributed by atoms with Crippen molar-refractivity contribution in [2.24, 2.45) is 0 Å². The fraction of sp³-hybridized carbons (Fsp3) is 0.500. The zero-order valence-corrected chi connectivity index (χ0v) is 9.78. The molecular formula is C14H17NO2. The Balaban J connectivity index is 1.80. The summed E-state index contributed by atoms with van der Waals surface area (Å²) in [7, 11) is 0. The van der Waals surface area contributed by atoms with Crippen molar-refractivity contribution in [1.82, 2.24) is 5.32 Å². The Morgan fingerprint density at radius 1 is 1.35 bits per heavy atom. The van der Waals surface area contributed by atoms with Crippen molar-refractivity contribution in [3.8, 4) is 5.75 Å². The molecule has 90 valence electrons. The van der Waals surface area contributed by atoms with E-state index < -0.39 is 0 Å². The molecule has 0 spiro atoms. The Kier molecular flexibility index (Phi) is 2.44. The minimum absolute atomic E-state index is 0.0169. The Morgan fingerprint density at radius 3 is 2.88 bits per heavy atom.